The van der Waals surface area contributed by atoms with Gasteiger partial charge in [0, 0.05) is 4.90 Å². The van der Waals surface area contributed by atoms with Gasteiger partial charge in [-0.2, -0.15) is 13.2 Å². The molecule has 0 spiro atoms. The molecule has 0 aliphatic heterocycles. The van der Waals surface area contributed by atoms with Gasteiger partial charge in [0.2, 0.25) is 5.91 Å². The summed E-state index contributed by atoms with van der Waals surface area (Å²) in [5, 5.41) is 2.13. The van der Waals surface area contributed by atoms with Crippen molar-refractivity contribution in [2.75, 3.05) is 11.1 Å². The number of hydrogen-bond donors (Lipinski definition) is 1. The topological polar surface area (TPSA) is 29.1 Å². The van der Waals surface area contributed by atoms with Crippen LogP contribution >= 0.6 is 23.4 Å². The van der Waals surface area contributed by atoms with Crippen molar-refractivity contribution < 1.29 is 18.0 Å². The molecule has 24 heavy (non-hydrogen) atoms. The third kappa shape index (κ3) is 4.68. The molecule has 0 heterocycles. The number of thioether (sulfide) groups is 1. The van der Waals surface area contributed by atoms with Crippen molar-refractivity contribution in [2.45, 2.75) is 24.9 Å². The molecule has 1 amide bonds. The predicted octanol–water partition coefficient (Wildman–Crippen LogP) is 5.71. The first kappa shape index (κ1) is 18.7. The molecular weight excluding hydrogens is 359 g/mol. The Hall–Kier alpha value is -1.66. The number of alkyl halides is 3. The number of rotatable bonds is 4. The molecule has 7 heteroatoms. The number of para-hydroxylation sites is 1. The first-order valence-electron chi connectivity index (χ1n) is 7.04. The van der Waals surface area contributed by atoms with Crippen molar-refractivity contribution in [3.05, 3.63) is 58.1 Å². The Labute approximate surface area is 147 Å². The smallest absolute Gasteiger partial charge is 0.324 e. The fourth-order valence-electron chi connectivity index (χ4n) is 2.17. The van der Waals surface area contributed by atoms with E-state index in [1.54, 1.807) is 0 Å². The molecule has 1 N–H and O–H groups in total. The largest absolute Gasteiger partial charge is 0.418 e. The molecule has 0 aliphatic rings. The lowest BCUT2D eigenvalue weighted by Gasteiger charge is -2.15. The Morgan fingerprint density at radius 3 is 2.54 bits per heavy atom. The van der Waals surface area contributed by atoms with Crippen molar-refractivity contribution >= 4 is 35.0 Å². The minimum atomic E-state index is -4.59. The summed E-state index contributed by atoms with van der Waals surface area (Å²) in [6, 6.07) is 9.19. The fourth-order valence-corrected chi connectivity index (χ4v) is 3.20. The maximum absolute atomic E-state index is 13.0. The van der Waals surface area contributed by atoms with Crippen LogP contribution in [0.15, 0.2) is 41.3 Å². The van der Waals surface area contributed by atoms with E-state index in [0.29, 0.717) is 0 Å². The molecule has 0 bridgehead atoms. The number of carbonyl (C=O) groups excluding carboxylic acids is 1. The lowest BCUT2D eigenvalue weighted by Crippen LogP contribution is -2.18. The van der Waals surface area contributed by atoms with Crippen LogP contribution in [0, 0.1) is 13.8 Å². The van der Waals surface area contributed by atoms with Crippen LogP contribution < -0.4 is 5.32 Å². The van der Waals surface area contributed by atoms with Crippen LogP contribution in [0.1, 0.15) is 16.7 Å². The van der Waals surface area contributed by atoms with Gasteiger partial charge in [0.05, 0.1) is 22.0 Å². The monoisotopic (exact) mass is 373 g/mol. The number of anilines is 1. The van der Waals surface area contributed by atoms with Crippen LogP contribution in [0.5, 0.6) is 0 Å². The summed E-state index contributed by atoms with van der Waals surface area (Å²) in [4.78, 5) is 12.9. The zero-order chi connectivity index (χ0) is 17.9. The third-order valence-corrected chi connectivity index (χ3v) is 4.76. The first-order valence-corrected chi connectivity index (χ1v) is 8.40. The molecule has 0 aliphatic carbocycles. The summed E-state index contributed by atoms with van der Waals surface area (Å²) in [5.41, 5.74) is 0.756. The number of carbonyl (C=O) groups is 1. The highest BCUT2D eigenvalue weighted by molar-refractivity contribution is 8.00. The molecule has 2 rings (SSSR count). The van der Waals surface area contributed by atoms with Crippen LogP contribution in [0.25, 0.3) is 0 Å². The maximum atomic E-state index is 13.0. The Morgan fingerprint density at radius 1 is 1.21 bits per heavy atom. The average Bonchev–Trinajstić information content (AvgIpc) is 2.47. The molecule has 128 valence electrons. The van der Waals surface area contributed by atoms with Crippen LogP contribution in [0.3, 0.4) is 0 Å². The van der Waals surface area contributed by atoms with Crippen molar-refractivity contribution in [3.8, 4) is 0 Å². The quantitative estimate of drug-likeness (QED) is 0.696. The molecule has 2 nitrogen and oxygen atoms in total. The summed E-state index contributed by atoms with van der Waals surface area (Å²) in [6.07, 6.45) is -4.59. The molecule has 2 aromatic rings. The van der Waals surface area contributed by atoms with Gasteiger partial charge >= 0.3 is 6.18 Å². The van der Waals surface area contributed by atoms with Gasteiger partial charge in [0.15, 0.2) is 0 Å². The molecule has 0 fully saturated rings. The van der Waals surface area contributed by atoms with Crippen LogP contribution in [0.4, 0.5) is 18.9 Å². The number of benzene rings is 2. The fraction of sp³-hybridized carbons (Fsp3) is 0.235. The number of nitrogens with one attached hydrogen (secondary N) is 1. The predicted molar refractivity (Wildman–Crippen MR) is 91.7 cm³/mol. The van der Waals surface area contributed by atoms with Gasteiger partial charge in [0.25, 0.3) is 0 Å². The van der Waals surface area contributed by atoms with E-state index in [1.165, 1.54) is 23.9 Å². The highest BCUT2D eigenvalue weighted by Crippen LogP contribution is 2.38. The van der Waals surface area contributed by atoms with Gasteiger partial charge in [0.1, 0.15) is 0 Å². The van der Waals surface area contributed by atoms with Gasteiger partial charge in [-0.1, -0.05) is 35.4 Å². The van der Waals surface area contributed by atoms with E-state index in [1.807, 2.05) is 32.0 Å². The van der Waals surface area contributed by atoms with Crippen LogP contribution in [0.2, 0.25) is 5.02 Å². The summed E-state index contributed by atoms with van der Waals surface area (Å²) in [5.74, 6) is -0.551. The Bertz CT molecular complexity index is 762. The zero-order valence-corrected chi connectivity index (χ0v) is 14.6. The van der Waals surface area contributed by atoms with E-state index in [9.17, 15) is 18.0 Å². The van der Waals surface area contributed by atoms with Crippen molar-refractivity contribution in [2.24, 2.45) is 0 Å². The average molecular weight is 374 g/mol. The highest BCUT2D eigenvalue weighted by atomic mass is 35.5. The Kier molecular flexibility index (Phi) is 5.83. The Morgan fingerprint density at radius 2 is 1.92 bits per heavy atom. The highest BCUT2D eigenvalue weighted by Gasteiger charge is 2.34. The minimum absolute atomic E-state index is 0.00752. The van der Waals surface area contributed by atoms with E-state index in [0.717, 1.165) is 22.1 Å². The van der Waals surface area contributed by atoms with Crippen LogP contribution in [-0.4, -0.2) is 11.7 Å². The molecular formula is C17H15ClF3NOS. The van der Waals surface area contributed by atoms with Gasteiger partial charge in [-0.3, -0.25) is 4.79 Å². The first-order chi connectivity index (χ1) is 11.2. The third-order valence-electron chi connectivity index (χ3n) is 3.27. The maximum Gasteiger partial charge on any atom is 0.418 e. The minimum Gasteiger partial charge on any atom is -0.324 e. The molecule has 0 unspecified atom stereocenters. The second kappa shape index (κ2) is 7.49. The molecule has 0 radical (unpaired) electrons. The van der Waals surface area contributed by atoms with Gasteiger partial charge < -0.3 is 5.32 Å². The summed E-state index contributed by atoms with van der Waals surface area (Å²) >= 11 is 7.08. The van der Waals surface area contributed by atoms with Crippen molar-refractivity contribution in [1.82, 2.24) is 0 Å². The summed E-state index contributed by atoms with van der Waals surface area (Å²) in [6.45, 7) is 3.88. The number of aryl methyl sites for hydroxylation is 2. The second-order valence-electron chi connectivity index (χ2n) is 5.27. The molecule has 2 aromatic carbocycles. The second-order valence-corrected chi connectivity index (χ2v) is 6.69. The SMILES string of the molecule is Cc1ccc(SCC(=O)Nc2c(Cl)cccc2C(F)(F)F)c(C)c1. The lowest BCUT2D eigenvalue weighted by atomic mass is 10.1. The van der Waals surface area contributed by atoms with Gasteiger partial charge in [-0.15, -0.1) is 11.8 Å². The van der Waals surface area contributed by atoms with E-state index in [2.05, 4.69) is 5.32 Å². The Balaban J connectivity index is 2.10. The standard InChI is InChI=1S/C17H15ClF3NOS/c1-10-6-7-14(11(2)8-10)24-9-15(23)22-16-12(17(19,20)21)4-3-5-13(16)18/h3-8H,9H2,1-2H3,(H,22,23). The molecule has 0 saturated heterocycles. The normalized spacial score (nSPS) is 11.4. The van der Waals surface area contributed by atoms with E-state index >= 15 is 0 Å². The van der Waals surface area contributed by atoms with E-state index in [4.69, 9.17) is 11.6 Å². The van der Waals surface area contributed by atoms with E-state index < -0.39 is 23.3 Å². The zero-order valence-electron chi connectivity index (χ0n) is 13.0. The van der Waals surface area contributed by atoms with Crippen molar-refractivity contribution in [3.63, 3.8) is 0 Å². The number of amides is 1. The van der Waals surface area contributed by atoms with Crippen molar-refractivity contribution in [1.29, 1.82) is 0 Å². The van der Waals surface area contributed by atoms with E-state index in [-0.39, 0.29) is 10.8 Å². The number of halogens is 4. The van der Waals surface area contributed by atoms with Gasteiger partial charge in [-0.25, -0.2) is 0 Å². The molecule has 0 saturated carbocycles. The summed E-state index contributed by atoms with van der Waals surface area (Å²) in [7, 11) is 0. The number of hydrogen-bond acceptors (Lipinski definition) is 2. The molecule has 0 atom stereocenters. The van der Waals surface area contributed by atoms with Gasteiger partial charge in [-0.05, 0) is 37.6 Å². The lowest BCUT2D eigenvalue weighted by molar-refractivity contribution is -0.137. The molecule has 0 aromatic heterocycles. The summed E-state index contributed by atoms with van der Waals surface area (Å²) < 4.78 is 39.0. The van der Waals surface area contributed by atoms with Crippen LogP contribution in [-0.2, 0) is 11.0 Å².